The van der Waals surface area contributed by atoms with Gasteiger partial charge in [0.1, 0.15) is 5.69 Å². The SMILES string of the molecule is CC1=NN(c2cc(F)c(F)cc2F)C(=O)/C1=C/c1c(C)n(Cc2ccccc2Cl)c2c(C)cccc12. The Morgan fingerprint density at radius 1 is 0.944 bits per heavy atom. The number of para-hydroxylation sites is 1. The molecule has 4 nitrogen and oxygen atoms in total. The van der Waals surface area contributed by atoms with E-state index in [9.17, 15) is 18.0 Å². The number of carbonyl (C=O) groups is 1. The molecule has 0 saturated carbocycles. The van der Waals surface area contributed by atoms with Crippen molar-refractivity contribution >= 4 is 45.9 Å². The van der Waals surface area contributed by atoms with Crippen molar-refractivity contribution in [1.29, 1.82) is 0 Å². The Balaban J connectivity index is 1.63. The van der Waals surface area contributed by atoms with Crippen LogP contribution in [0.25, 0.3) is 17.0 Å². The van der Waals surface area contributed by atoms with Gasteiger partial charge < -0.3 is 4.57 Å². The van der Waals surface area contributed by atoms with Crippen LogP contribution in [0.4, 0.5) is 18.9 Å². The lowest BCUT2D eigenvalue weighted by atomic mass is 10.0. The number of fused-ring (bicyclic) bond motifs is 1. The van der Waals surface area contributed by atoms with E-state index in [0.717, 1.165) is 38.3 Å². The van der Waals surface area contributed by atoms with Gasteiger partial charge in [-0.2, -0.15) is 10.1 Å². The number of carbonyl (C=O) groups excluding carboxylic acids is 1. The largest absolute Gasteiger partial charge is 0.340 e. The van der Waals surface area contributed by atoms with E-state index in [-0.39, 0.29) is 5.57 Å². The van der Waals surface area contributed by atoms with Crippen LogP contribution in [0, 0.1) is 31.3 Å². The number of halogens is 4. The Morgan fingerprint density at radius 2 is 1.67 bits per heavy atom. The van der Waals surface area contributed by atoms with E-state index in [1.807, 2.05) is 56.3 Å². The van der Waals surface area contributed by atoms with Gasteiger partial charge in [0.25, 0.3) is 5.91 Å². The number of nitrogens with zero attached hydrogens (tertiary/aromatic N) is 3. The summed E-state index contributed by atoms with van der Waals surface area (Å²) in [5.41, 5.74) is 4.86. The maximum atomic E-state index is 14.4. The topological polar surface area (TPSA) is 37.6 Å². The number of anilines is 1. The van der Waals surface area contributed by atoms with E-state index >= 15 is 0 Å². The van der Waals surface area contributed by atoms with Crippen molar-refractivity contribution in [3.63, 3.8) is 0 Å². The molecule has 1 aromatic heterocycles. The second-order valence-corrected chi connectivity index (χ2v) is 9.13. The molecule has 182 valence electrons. The Kier molecular flexibility index (Phi) is 5.96. The number of rotatable bonds is 4. The first-order valence-electron chi connectivity index (χ1n) is 11.3. The third kappa shape index (κ3) is 3.89. The highest BCUT2D eigenvalue weighted by Gasteiger charge is 2.32. The van der Waals surface area contributed by atoms with E-state index in [2.05, 4.69) is 9.67 Å². The van der Waals surface area contributed by atoms with Gasteiger partial charge in [-0.15, -0.1) is 0 Å². The molecule has 0 bridgehead atoms. The van der Waals surface area contributed by atoms with Gasteiger partial charge in [0.05, 0.1) is 16.8 Å². The number of amides is 1. The second-order valence-electron chi connectivity index (χ2n) is 8.73. The van der Waals surface area contributed by atoms with Crippen LogP contribution in [0.2, 0.25) is 5.02 Å². The fraction of sp³-hybridized carbons (Fsp3) is 0.143. The molecule has 36 heavy (non-hydrogen) atoms. The zero-order valence-electron chi connectivity index (χ0n) is 19.7. The average Bonchev–Trinajstić information content (AvgIpc) is 3.27. The zero-order valence-corrected chi connectivity index (χ0v) is 20.5. The molecule has 1 amide bonds. The fourth-order valence-electron chi connectivity index (χ4n) is 4.59. The predicted octanol–water partition coefficient (Wildman–Crippen LogP) is 7.18. The van der Waals surface area contributed by atoms with Gasteiger partial charge in [-0.25, -0.2) is 13.2 Å². The first-order valence-corrected chi connectivity index (χ1v) is 11.6. The molecule has 8 heteroatoms. The summed E-state index contributed by atoms with van der Waals surface area (Å²) in [6.07, 6.45) is 1.72. The summed E-state index contributed by atoms with van der Waals surface area (Å²) in [6.45, 7) is 6.12. The van der Waals surface area contributed by atoms with E-state index in [1.165, 1.54) is 0 Å². The van der Waals surface area contributed by atoms with Gasteiger partial charge in [0, 0.05) is 40.3 Å². The molecule has 0 radical (unpaired) electrons. The normalized spacial score (nSPS) is 14.9. The van der Waals surface area contributed by atoms with E-state index < -0.39 is 29.0 Å². The lowest BCUT2D eigenvalue weighted by Crippen LogP contribution is -2.22. The smallest absolute Gasteiger partial charge is 0.280 e. The predicted molar refractivity (Wildman–Crippen MR) is 137 cm³/mol. The molecule has 0 unspecified atom stereocenters. The van der Waals surface area contributed by atoms with Crippen LogP contribution in [-0.4, -0.2) is 16.2 Å². The van der Waals surface area contributed by atoms with Crippen molar-refractivity contribution < 1.29 is 18.0 Å². The molecule has 0 saturated heterocycles. The fourth-order valence-corrected chi connectivity index (χ4v) is 4.78. The molecule has 0 atom stereocenters. The van der Waals surface area contributed by atoms with Gasteiger partial charge in [-0.1, -0.05) is 48.0 Å². The first kappa shape index (κ1) is 23.9. The molecule has 0 spiro atoms. The van der Waals surface area contributed by atoms with Crippen LogP contribution in [0.3, 0.4) is 0 Å². The van der Waals surface area contributed by atoms with Crippen molar-refractivity contribution in [2.75, 3.05) is 5.01 Å². The highest BCUT2D eigenvalue weighted by atomic mass is 35.5. The summed E-state index contributed by atoms with van der Waals surface area (Å²) in [4.78, 5) is 13.3. The molecule has 5 rings (SSSR count). The van der Waals surface area contributed by atoms with Gasteiger partial charge in [0.15, 0.2) is 17.5 Å². The minimum Gasteiger partial charge on any atom is -0.340 e. The molecule has 2 heterocycles. The van der Waals surface area contributed by atoms with E-state index in [0.29, 0.717) is 29.4 Å². The Morgan fingerprint density at radius 3 is 2.42 bits per heavy atom. The summed E-state index contributed by atoms with van der Waals surface area (Å²) in [6, 6.07) is 14.6. The Bertz CT molecular complexity index is 1620. The van der Waals surface area contributed by atoms with Crippen molar-refractivity contribution in [3.8, 4) is 0 Å². The van der Waals surface area contributed by atoms with E-state index in [4.69, 9.17) is 11.6 Å². The monoisotopic (exact) mass is 507 g/mol. The molecule has 0 fully saturated rings. The minimum absolute atomic E-state index is 0.237. The third-order valence-corrected chi connectivity index (χ3v) is 6.82. The number of aryl methyl sites for hydroxylation is 1. The van der Waals surface area contributed by atoms with E-state index in [1.54, 1.807) is 13.0 Å². The van der Waals surface area contributed by atoms with Crippen molar-refractivity contribution in [2.24, 2.45) is 5.10 Å². The number of benzene rings is 3. The molecule has 3 aromatic carbocycles. The standard InChI is InChI=1S/C28H21ClF3N3O/c1-15-7-6-9-19-21(17(3)34(27(15)19)14-18-8-4-5-10-22(18)29)11-20-16(2)33-35(28(20)36)26-13-24(31)23(30)12-25(26)32/h4-13H,14H2,1-3H3/b20-11+. The average molecular weight is 508 g/mol. The quantitative estimate of drug-likeness (QED) is 0.213. The molecule has 1 aliphatic heterocycles. The summed E-state index contributed by atoms with van der Waals surface area (Å²) in [5.74, 6) is -4.31. The minimum atomic E-state index is -1.34. The number of hydrogen-bond acceptors (Lipinski definition) is 2. The third-order valence-electron chi connectivity index (χ3n) is 6.45. The number of hydrogen-bond donors (Lipinski definition) is 0. The van der Waals surface area contributed by atoms with Crippen LogP contribution in [0.1, 0.15) is 29.3 Å². The molecular weight excluding hydrogens is 487 g/mol. The highest BCUT2D eigenvalue weighted by Crippen LogP contribution is 2.34. The Hall–Kier alpha value is -3.84. The van der Waals surface area contributed by atoms with Gasteiger partial charge in [-0.05, 0) is 44.0 Å². The molecular formula is C28H21ClF3N3O. The van der Waals surface area contributed by atoms with Crippen LogP contribution >= 0.6 is 11.6 Å². The summed E-state index contributed by atoms with van der Waals surface area (Å²) < 4.78 is 43.8. The van der Waals surface area contributed by atoms with Gasteiger partial charge >= 0.3 is 0 Å². The van der Waals surface area contributed by atoms with Crippen LogP contribution in [0.5, 0.6) is 0 Å². The summed E-state index contributed by atoms with van der Waals surface area (Å²) in [7, 11) is 0. The molecule has 0 N–H and O–H groups in total. The number of aromatic nitrogens is 1. The molecule has 1 aliphatic rings. The van der Waals surface area contributed by atoms with Crippen molar-refractivity contribution in [1.82, 2.24) is 4.57 Å². The van der Waals surface area contributed by atoms with Crippen LogP contribution < -0.4 is 5.01 Å². The van der Waals surface area contributed by atoms with Gasteiger partial charge in [0.2, 0.25) is 0 Å². The Labute approximate surface area is 210 Å². The number of hydrazone groups is 1. The zero-order chi connectivity index (χ0) is 25.7. The lowest BCUT2D eigenvalue weighted by molar-refractivity contribution is -0.114. The second kappa shape index (κ2) is 8.99. The van der Waals surface area contributed by atoms with Gasteiger partial charge in [-0.3, -0.25) is 4.79 Å². The maximum Gasteiger partial charge on any atom is 0.280 e. The van der Waals surface area contributed by atoms with Crippen molar-refractivity contribution in [3.05, 3.63) is 105 Å². The summed E-state index contributed by atoms with van der Waals surface area (Å²) in [5, 5.41) is 6.50. The van der Waals surface area contributed by atoms with Crippen LogP contribution in [0.15, 0.2) is 65.3 Å². The molecule has 0 aliphatic carbocycles. The molecule has 4 aromatic rings. The highest BCUT2D eigenvalue weighted by molar-refractivity contribution is 6.32. The van der Waals surface area contributed by atoms with Crippen molar-refractivity contribution in [2.45, 2.75) is 27.3 Å². The lowest BCUT2D eigenvalue weighted by Gasteiger charge is -2.13. The summed E-state index contributed by atoms with van der Waals surface area (Å²) >= 11 is 6.44. The maximum absolute atomic E-state index is 14.4. The first-order chi connectivity index (χ1) is 17.2. The van der Waals surface area contributed by atoms with Crippen LogP contribution in [-0.2, 0) is 11.3 Å².